The molecule has 1 saturated carbocycles. The first-order valence-corrected chi connectivity index (χ1v) is 12.7. The molecular weight excluding hydrogens is 398 g/mol. The first-order chi connectivity index (χ1) is 15.6. The SMILES string of the molecule is CN=C(NCc1ccc(C)cc1OCC1CC1)NCC1(N2CCCCC2)CCN(C)CC1. The molecule has 0 radical (unpaired) electrons. The number of ether oxygens (including phenoxy) is 1. The largest absolute Gasteiger partial charge is 0.493 e. The van der Waals surface area contributed by atoms with Gasteiger partial charge in [-0.3, -0.25) is 9.89 Å². The highest BCUT2D eigenvalue weighted by molar-refractivity contribution is 5.79. The predicted molar refractivity (Wildman–Crippen MR) is 132 cm³/mol. The number of benzene rings is 1. The summed E-state index contributed by atoms with van der Waals surface area (Å²) in [7, 11) is 4.12. The molecule has 0 bridgehead atoms. The molecule has 0 aromatic heterocycles. The molecular formula is C26H43N5O. The summed E-state index contributed by atoms with van der Waals surface area (Å²) in [5, 5.41) is 7.24. The molecule has 2 aliphatic heterocycles. The number of hydrogen-bond donors (Lipinski definition) is 2. The average Bonchev–Trinajstić information content (AvgIpc) is 3.65. The Labute approximate surface area is 194 Å². The van der Waals surface area contributed by atoms with Crippen LogP contribution in [0, 0.1) is 12.8 Å². The number of aliphatic imine (C=N–C) groups is 1. The lowest BCUT2D eigenvalue weighted by Crippen LogP contribution is -2.62. The fourth-order valence-corrected chi connectivity index (χ4v) is 5.09. The quantitative estimate of drug-likeness (QED) is 0.478. The van der Waals surface area contributed by atoms with E-state index in [1.54, 1.807) is 0 Å². The van der Waals surface area contributed by atoms with Gasteiger partial charge in [-0.25, -0.2) is 0 Å². The van der Waals surface area contributed by atoms with Crippen LogP contribution in [0.5, 0.6) is 5.75 Å². The fourth-order valence-electron chi connectivity index (χ4n) is 5.09. The number of hydrogen-bond acceptors (Lipinski definition) is 4. The first-order valence-electron chi connectivity index (χ1n) is 12.7. The van der Waals surface area contributed by atoms with Crippen molar-refractivity contribution in [1.29, 1.82) is 0 Å². The zero-order valence-electron chi connectivity index (χ0n) is 20.5. The smallest absolute Gasteiger partial charge is 0.191 e. The molecule has 0 spiro atoms. The van der Waals surface area contributed by atoms with Crippen molar-refractivity contribution in [3.05, 3.63) is 29.3 Å². The summed E-state index contributed by atoms with van der Waals surface area (Å²) < 4.78 is 6.16. The molecule has 2 heterocycles. The normalized spacial score (nSPS) is 22.5. The maximum atomic E-state index is 6.16. The summed E-state index contributed by atoms with van der Waals surface area (Å²) >= 11 is 0. The summed E-state index contributed by atoms with van der Waals surface area (Å²) in [6, 6.07) is 6.52. The van der Waals surface area contributed by atoms with Gasteiger partial charge in [-0.2, -0.15) is 0 Å². The maximum Gasteiger partial charge on any atom is 0.191 e. The van der Waals surface area contributed by atoms with Gasteiger partial charge in [0.1, 0.15) is 5.75 Å². The van der Waals surface area contributed by atoms with Crippen molar-refractivity contribution in [2.24, 2.45) is 10.9 Å². The number of nitrogens with one attached hydrogen (secondary N) is 2. The van der Waals surface area contributed by atoms with Crippen LogP contribution in [0.1, 0.15) is 56.1 Å². The van der Waals surface area contributed by atoms with Crippen LogP contribution in [0.4, 0.5) is 0 Å². The summed E-state index contributed by atoms with van der Waals surface area (Å²) in [5.74, 6) is 2.65. The van der Waals surface area contributed by atoms with Crippen molar-refractivity contribution in [3.8, 4) is 5.75 Å². The van der Waals surface area contributed by atoms with Crippen LogP contribution in [0.15, 0.2) is 23.2 Å². The third kappa shape index (κ3) is 6.16. The molecule has 2 N–H and O–H groups in total. The van der Waals surface area contributed by atoms with Crippen LogP contribution in [0.2, 0.25) is 0 Å². The lowest BCUT2D eigenvalue weighted by Gasteiger charge is -2.50. The molecule has 2 saturated heterocycles. The van der Waals surface area contributed by atoms with Crippen LogP contribution in [-0.2, 0) is 6.54 Å². The molecule has 3 fully saturated rings. The van der Waals surface area contributed by atoms with Gasteiger partial charge >= 0.3 is 0 Å². The van der Waals surface area contributed by atoms with E-state index in [9.17, 15) is 0 Å². The molecule has 1 aliphatic carbocycles. The minimum atomic E-state index is 0.243. The number of likely N-dealkylation sites (tertiary alicyclic amines) is 2. The Morgan fingerprint density at radius 1 is 1.09 bits per heavy atom. The summed E-state index contributed by atoms with van der Waals surface area (Å²) in [5.41, 5.74) is 2.68. The molecule has 1 aromatic carbocycles. The van der Waals surface area contributed by atoms with Crippen molar-refractivity contribution in [3.63, 3.8) is 0 Å². The van der Waals surface area contributed by atoms with E-state index in [4.69, 9.17) is 4.74 Å². The number of rotatable bonds is 8. The second-order valence-electron chi connectivity index (χ2n) is 10.2. The summed E-state index contributed by atoms with van der Waals surface area (Å²) in [6.45, 7) is 9.48. The predicted octanol–water partition coefficient (Wildman–Crippen LogP) is 3.40. The van der Waals surface area contributed by atoms with Gasteiger partial charge in [0, 0.05) is 31.2 Å². The van der Waals surface area contributed by atoms with E-state index in [0.29, 0.717) is 0 Å². The second-order valence-corrected chi connectivity index (χ2v) is 10.2. The summed E-state index contributed by atoms with van der Waals surface area (Å²) in [4.78, 5) is 9.77. The fraction of sp³-hybridized carbons (Fsp3) is 0.731. The topological polar surface area (TPSA) is 52.1 Å². The van der Waals surface area contributed by atoms with Crippen molar-refractivity contribution in [1.82, 2.24) is 20.4 Å². The van der Waals surface area contributed by atoms with Crippen molar-refractivity contribution in [2.45, 2.75) is 64.0 Å². The standard InChI is InChI=1S/C26H43N5O/c1-21-7-10-23(24(17-21)32-19-22-8-9-22)18-28-25(27-2)29-20-26(11-15-30(3)16-12-26)31-13-5-4-6-14-31/h7,10,17,22H,4-6,8-9,11-16,18-20H2,1-3H3,(H2,27,28,29). The monoisotopic (exact) mass is 441 g/mol. The molecule has 1 aromatic rings. The lowest BCUT2D eigenvalue weighted by molar-refractivity contribution is 0.0173. The van der Waals surface area contributed by atoms with Gasteiger partial charge in [0.05, 0.1) is 6.61 Å². The zero-order valence-corrected chi connectivity index (χ0v) is 20.5. The highest BCUT2D eigenvalue weighted by atomic mass is 16.5. The Balaban J connectivity index is 1.35. The highest BCUT2D eigenvalue weighted by Crippen LogP contribution is 2.32. The zero-order chi connectivity index (χ0) is 22.4. The van der Waals surface area contributed by atoms with Gasteiger partial charge in [0.2, 0.25) is 0 Å². The Morgan fingerprint density at radius 3 is 2.53 bits per heavy atom. The van der Waals surface area contributed by atoms with Gasteiger partial charge in [0.25, 0.3) is 0 Å². The minimum absolute atomic E-state index is 0.243. The number of guanidine groups is 1. The van der Waals surface area contributed by atoms with Crippen molar-refractivity contribution < 1.29 is 4.74 Å². The van der Waals surface area contributed by atoms with Crippen LogP contribution >= 0.6 is 0 Å². The Morgan fingerprint density at radius 2 is 1.84 bits per heavy atom. The molecule has 4 rings (SSSR count). The molecule has 0 amide bonds. The molecule has 3 aliphatic rings. The maximum absolute atomic E-state index is 6.16. The van der Waals surface area contributed by atoms with E-state index < -0.39 is 0 Å². The van der Waals surface area contributed by atoms with E-state index in [1.165, 1.54) is 82.3 Å². The molecule has 6 heteroatoms. The Bertz CT molecular complexity index is 761. The van der Waals surface area contributed by atoms with E-state index in [2.05, 4.69) is 57.6 Å². The van der Waals surface area contributed by atoms with E-state index >= 15 is 0 Å². The first kappa shape index (κ1) is 23.4. The van der Waals surface area contributed by atoms with E-state index in [0.717, 1.165) is 37.3 Å². The van der Waals surface area contributed by atoms with Crippen molar-refractivity contribution in [2.75, 3.05) is 53.4 Å². The average molecular weight is 442 g/mol. The van der Waals surface area contributed by atoms with Gasteiger partial charge in [-0.15, -0.1) is 0 Å². The molecule has 0 atom stereocenters. The van der Waals surface area contributed by atoms with Gasteiger partial charge in [-0.05, 0) is 96.2 Å². The van der Waals surface area contributed by atoms with Crippen molar-refractivity contribution >= 4 is 5.96 Å². The third-order valence-corrected chi connectivity index (χ3v) is 7.59. The Kier molecular flexibility index (Phi) is 7.95. The second kappa shape index (κ2) is 10.9. The molecule has 6 nitrogen and oxygen atoms in total. The van der Waals surface area contributed by atoms with Crippen LogP contribution in [-0.4, -0.2) is 74.7 Å². The van der Waals surface area contributed by atoms with Crippen LogP contribution in [0.3, 0.4) is 0 Å². The van der Waals surface area contributed by atoms with Gasteiger partial charge < -0.3 is 20.3 Å². The number of aryl methyl sites for hydroxylation is 1. The molecule has 0 unspecified atom stereocenters. The highest BCUT2D eigenvalue weighted by Gasteiger charge is 2.39. The van der Waals surface area contributed by atoms with Crippen LogP contribution in [0.25, 0.3) is 0 Å². The lowest BCUT2D eigenvalue weighted by atomic mass is 9.84. The van der Waals surface area contributed by atoms with E-state index in [-0.39, 0.29) is 5.54 Å². The van der Waals surface area contributed by atoms with Gasteiger partial charge in [0.15, 0.2) is 5.96 Å². The minimum Gasteiger partial charge on any atom is -0.493 e. The molecule has 178 valence electrons. The van der Waals surface area contributed by atoms with Gasteiger partial charge in [-0.1, -0.05) is 18.6 Å². The number of nitrogens with zero attached hydrogens (tertiary/aromatic N) is 3. The Hall–Kier alpha value is -1.79. The third-order valence-electron chi connectivity index (χ3n) is 7.59. The molecule has 32 heavy (non-hydrogen) atoms. The van der Waals surface area contributed by atoms with E-state index in [1.807, 2.05) is 7.05 Å². The van der Waals surface area contributed by atoms with Crippen LogP contribution < -0.4 is 15.4 Å². The number of piperidine rings is 2. The summed E-state index contributed by atoms with van der Waals surface area (Å²) in [6.07, 6.45) is 9.12.